The van der Waals surface area contributed by atoms with Crippen molar-refractivity contribution in [2.24, 2.45) is 0 Å². The number of rotatable bonds is 12. The predicted molar refractivity (Wildman–Crippen MR) is 159 cm³/mol. The van der Waals surface area contributed by atoms with Gasteiger partial charge in [0.05, 0.1) is 4.90 Å². The number of ether oxygens (including phenoxy) is 2. The third-order valence-corrected chi connectivity index (χ3v) is 7.36. The van der Waals surface area contributed by atoms with E-state index in [1.165, 1.54) is 12.1 Å². The van der Waals surface area contributed by atoms with Gasteiger partial charge in [-0.3, -0.25) is 10.1 Å². The van der Waals surface area contributed by atoms with E-state index in [2.05, 4.69) is 15.4 Å². The van der Waals surface area contributed by atoms with Gasteiger partial charge in [-0.2, -0.15) is 0 Å². The average molecular weight is 576 g/mol. The molecule has 0 saturated carbocycles. The fourth-order valence-electron chi connectivity index (χ4n) is 3.65. The standard InChI is InChI=1S/C30H29N3O5S2/c34-29(24-11-15-27(16-12-24)38-22-21-37-26-9-5-2-6-10-26)33-30(39)32-25-13-17-28(18-14-25)40(35,36)31-20-19-23-7-3-1-4-8-23/h1-18,31H,19-22H2,(H2,32,33,34,39). The van der Waals surface area contributed by atoms with E-state index >= 15 is 0 Å². The average Bonchev–Trinajstić information content (AvgIpc) is 2.97. The van der Waals surface area contributed by atoms with Crippen molar-refractivity contribution in [3.05, 3.63) is 120 Å². The van der Waals surface area contributed by atoms with Crippen LogP contribution < -0.4 is 24.8 Å². The van der Waals surface area contributed by atoms with Crippen molar-refractivity contribution in [1.82, 2.24) is 10.0 Å². The van der Waals surface area contributed by atoms with Crippen molar-refractivity contribution in [3.8, 4) is 11.5 Å². The summed E-state index contributed by atoms with van der Waals surface area (Å²) in [5.74, 6) is 0.993. The van der Waals surface area contributed by atoms with Crippen LogP contribution in [0.15, 0.2) is 114 Å². The van der Waals surface area contributed by atoms with Crippen LogP contribution in [-0.4, -0.2) is 39.2 Å². The minimum Gasteiger partial charge on any atom is -0.490 e. The summed E-state index contributed by atoms with van der Waals surface area (Å²) < 4.78 is 39.0. The largest absolute Gasteiger partial charge is 0.490 e. The van der Waals surface area contributed by atoms with Gasteiger partial charge in [-0.1, -0.05) is 48.5 Å². The molecule has 4 aromatic carbocycles. The van der Waals surface area contributed by atoms with E-state index in [0.717, 1.165) is 11.3 Å². The first kappa shape index (κ1) is 28.8. The molecule has 8 nitrogen and oxygen atoms in total. The number of sulfonamides is 1. The van der Waals surface area contributed by atoms with Gasteiger partial charge in [0.2, 0.25) is 10.0 Å². The second kappa shape index (κ2) is 14.2. The van der Waals surface area contributed by atoms with Crippen LogP contribution in [0.25, 0.3) is 0 Å². The van der Waals surface area contributed by atoms with Crippen LogP contribution in [0.3, 0.4) is 0 Å². The molecule has 3 N–H and O–H groups in total. The molecular formula is C30H29N3O5S2. The Labute approximate surface area is 239 Å². The number of thiocarbonyl (C=S) groups is 1. The molecule has 0 aliphatic rings. The molecule has 10 heteroatoms. The van der Waals surface area contributed by atoms with Gasteiger partial charge in [0.1, 0.15) is 24.7 Å². The van der Waals surface area contributed by atoms with Crippen LogP contribution in [0.5, 0.6) is 11.5 Å². The van der Waals surface area contributed by atoms with Gasteiger partial charge >= 0.3 is 0 Å². The summed E-state index contributed by atoms with van der Waals surface area (Å²) in [6.07, 6.45) is 0.590. The Bertz CT molecular complexity index is 1500. The minimum atomic E-state index is -3.65. The molecule has 206 valence electrons. The monoisotopic (exact) mass is 575 g/mol. The highest BCUT2D eigenvalue weighted by molar-refractivity contribution is 7.89. The van der Waals surface area contributed by atoms with Crippen molar-refractivity contribution in [3.63, 3.8) is 0 Å². The Morgan fingerprint density at radius 3 is 1.93 bits per heavy atom. The molecule has 0 heterocycles. The Morgan fingerprint density at radius 1 is 0.725 bits per heavy atom. The normalized spacial score (nSPS) is 10.9. The lowest BCUT2D eigenvalue weighted by molar-refractivity contribution is 0.0977. The van der Waals surface area contributed by atoms with Gasteiger partial charge in [-0.05, 0) is 84.9 Å². The van der Waals surface area contributed by atoms with Gasteiger partial charge in [-0.25, -0.2) is 13.1 Å². The summed E-state index contributed by atoms with van der Waals surface area (Å²) in [5, 5.41) is 5.59. The second-order valence-electron chi connectivity index (χ2n) is 8.60. The number of carbonyl (C=O) groups is 1. The molecule has 0 aliphatic carbocycles. The SMILES string of the molecule is O=C(NC(=S)Nc1ccc(S(=O)(=O)NCCc2ccccc2)cc1)c1ccc(OCCOc2ccccc2)cc1. The molecule has 4 rings (SSSR count). The molecule has 0 unspecified atom stereocenters. The van der Waals surface area contributed by atoms with Crippen LogP contribution in [0, 0.1) is 0 Å². The van der Waals surface area contributed by atoms with Crippen LogP contribution >= 0.6 is 12.2 Å². The molecule has 0 saturated heterocycles. The molecule has 4 aromatic rings. The van der Waals surface area contributed by atoms with Crippen LogP contribution in [-0.2, 0) is 16.4 Å². The molecular weight excluding hydrogens is 546 g/mol. The molecule has 1 amide bonds. The van der Waals surface area contributed by atoms with E-state index in [9.17, 15) is 13.2 Å². The number of hydrogen-bond donors (Lipinski definition) is 3. The lowest BCUT2D eigenvalue weighted by atomic mass is 10.2. The molecule has 0 bridgehead atoms. The lowest BCUT2D eigenvalue weighted by Crippen LogP contribution is -2.34. The molecule has 0 aromatic heterocycles. The van der Waals surface area contributed by atoms with E-state index in [4.69, 9.17) is 21.7 Å². The summed E-state index contributed by atoms with van der Waals surface area (Å²) in [4.78, 5) is 12.7. The third kappa shape index (κ3) is 8.91. The highest BCUT2D eigenvalue weighted by atomic mass is 32.2. The van der Waals surface area contributed by atoms with Crippen molar-refractivity contribution >= 4 is 38.9 Å². The quantitative estimate of drug-likeness (QED) is 0.165. The zero-order valence-corrected chi connectivity index (χ0v) is 23.2. The fraction of sp³-hybridized carbons (Fsp3) is 0.133. The lowest BCUT2D eigenvalue weighted by Gasteiger charge is -2.12. The number of nitrogens with one attached hydrogen (secondary N) is 3. The van der Waals surface area contributed by atoms with Crippen LogP contribution in [0.2, 0.25) is 0 Å². The number of para-hydroxylation sites is 1. The predicted octanol–water partition coefficient (Wildman–Crippen LogP) is 4.79. The second-order valence-corrected chi connectivity index (χ2v) is 10.8. The maximum atomic E-state index is 12.6. The fourth-order valence-corrected chi connectivity index (χ4v) is 4.89. The molecule has 0 aliphatic heterocycles. The van der Waals surface area contributed by atoms with Crippen molar-refractivity contribution < 1.29 is 22.7 Å². The van der Waals surface area contributed by atoms with Gasteiger partial charge in [0, 0.05) is 17.8 Å². The number of carbonyl (C=O) groups excluding carboxylic acids is 1. The van der Waals surface area contributed by atoms with E-state index in [1.54, 1.807) is 36.4 Å². The summed E-state index contributed by atoms with van der Waals surface area (Å²) in [6.45, 7) is 1.04. The highest BCUT2D eigenvalue weighted by Gasteiger charge is 2.14. The Hall–Kier alpha value is -4.25. The Balaban J connectivity index is 1.20. The maximum Gasteiger partial charge on any atom is 0.257 e. The van der Waals surface area contributed by atoms with Gasteiger partial charge in [-0.15, -0.1) is 0 Å². The topological polar surface area (TPSA) is 106 Å². The number of hydrogen-bond acceptors (Lipinski definition) is 6. The van der Waals surface area contributed by atoms with Crippen molar-refractivity contribution in [2.45, 2.75) is 11.3 Å². The molecule has 0 fully saturated rings. The minimum absolute atomic E-state index is 0.0833. The zero-order valence-electron chi connectivity index (χ0n) is 21.6. The highest BCUT2D eigenvalue weighted by Crippen LogP contribution is 2.15. The van der Waals surface area contributed by atoms with E-state index in [0.29, 0.717) is 36.6 Å². The van der Waals surface area contributed by atoms with E-state index in [-0.39, 0.29) is 16.6 Å². The Kier molecular flexibility index (Phi) is 10.2. The summed E-state index contributed by atoms with van der Waals surface area (Å²) >= 11 is 5.25. The summed E-state index contributed by atoms with van der Waals surface area (Å²) in [5.41, 5.74) is 1.99. The van der Waals surface area contributed by atoms with Gasteiger partial charge < -0.3 is 14.8 Å². The number of anilines is 1. The first-order chi connectivity index (χ1) is 19.4. The number of benzene rings is 4. The summed E-state index contributed by atoms with van der Waals surface area (Å²) in [7, 11) is -3.65. The van der Waals surface area contributed by atoms with Gasteiger partial charge in [0.25, 0.3) is 5.91 Å². The molecule has 0 spiro atoms. The first-order valence-corrected chi connectivity index (χ1v) is 14.4. The van der Waals surface area contributed by atoms with Crippen LogP contribution in [0.1, 0.15) is 15.9 Å². The smallest absolute Gasteiger partial charge is 0.257 e. The first-order valence-electron chi connectivity index (χ1n) is 12.6. The maximum absolute atomic E-state index is 12.6. The van der Waals surface area contributed by atoms with Gasteiger partial charge in [0.15, 0.2) is 5.11 Å². The molecule has 0 radical (unpaired) electrons. The van der Waals surface area contributed by atoms with Crippen LogP contribution in [0.4, 0.5) is 5.69 Å². The van der Waals surface area contributed by atoms with E-state index < -0.39 is 15.9 Å². The van der Waals surface area contributed by atoms with Crippen molar-refractivity contribution in [2.75, 3.05) is 25.1 Å². The summed E-state index contributed by atoms with van der Waals surface area (Å²) in [6, 6.07) is 31.9. The number of amides is 1. The van der Waals surface area contributed by atoms with Crippen molar-refractivity contribution in [1.29, 1.82) is 0 Å². The zero-order chi connectivity index (χ0) is 28.2. The molecule has 40 heavy (non-hydrogen) atoms. The third-order valence-electron chi connectivity index (χ3n) is 5.68. The Morgan fingerprint density at radius 2 is 1.30 bits per heavy atom. The molecule has 0 atom stereocenters. The van der Waals surface area contributed by atoms with E-state index in [1.807, 2.05) is 60.7 Å².